The van der Waals surface area contributed by atoms with E-state index in [0.717, 1.165) is 17.7 Å². The van der Waals surface area contributed by atoms with E-state index in [1.54, 1.807) is 14.2 Å². The van der Waals surface area contributed by atoms with Crippen molar-refractivity contribution < 1.29 is 13.9 Å². The lowest BCUT2D eigenvalue weighted by Crippen LogP contribution is -2.29. The highest BCUT2D eigenvalue weighted by Gasteiger charge is 2.21. The molecule has 0 heterocycles. The van der Waals surface area contributed by atoms with E-state index in [-0.39, 0.29) is 0 Å². The summed E-state index contributed by atoms with van der Waals surface area (Å²) < 4.78 is 16.8. The van der Waals surface area contributed by atoms with E-state index in [4.69, 9.17) is 19.6 Å². The summed E-state index contributed by atoms with van der Waals surface area (Å²) in [6, 6.07) is 3.94. The van der Waals surface area contributed by atoms with Gasteiger partial charge in [0, 0.05) is 0 Å². The Morgan fingerprint density at radius 2 is 1.67 bits per heavy atom. The molecule has 0 saturated heterocycles. The van der Waals surface area contributed by atoms with E-state index < -0.39 is 8.32 Å². The van der Waals surface area contributed by atoms with Gasteiger partial charge in [-0.1, -0.05) is 0 Å². The lowest BCUT2D eigenvalue weighted by atomic mass is 10.1. The van der Waals surface area contributed by atoms with Crippen molar-refractivity contribution in [2.75, 3.05) is 20.8 Å². The molecule has 1 aromatic rings. The van der Waals surface area contributed by atoms with Crippen molar-refractivity contribution in [3.63, 3.8) is 0 Å². The van der Waals surface area contributed by atoms with Gasteiger partial charge in [-0.3, -0.25) is 0 Å². The third-order valence-electron chi connectivity index (χ3n) is 2.35. The fourth-order valence-electron chi connectivity index (χ4n) is 1.70. The largest absolute Gasteiger partial charge is 0.542 e. The summed E-state index contributed by atoms with van der Waals surface area (Å²) in [7, 11) is 1.56. The van der Waals surface area contributed by atoms with Gasteiger partial charge in [-0.05, 0) is 50.3 Å². The van der Waals surface area contributed by atoms with Gasteiger partial charge < -0.3 is 19.6 Å². The van der Waals surface area contributed by atoms with Crippen LogP contribution in [-0.2, 0) is 6.42 Å². The molecule has 0 bridgehead atoms. The summed E-state index contributed by atoms with van der Waals surface area (Å²) in [5, 5.41) is 0. The quantitative estimate of drug-likeness (QED) is 0.806. The number of benzene rings is 1. The standard InChI is InChI=1S/C13H23NO3Si/c1-15-11-8-10(6-7-14)9-12(13(11)16-2)17-18(3,4)5/h8-9H,6-7,14H2,1-5H3. The molecule has 0 aliphatic heterocycles. The molecular weight excluding hydrogens is 246 g/mol. The summed E-state index contributed by atoms with van der Waals surface area (Å²) in [5.41, 5.74) is 6.70. The first kappa shape index (κ1) is 14.9. The lowest BCUT2D eigenvalue weighted by molar-refractivity contribution is 0.342. The van der Waals surface area contributed by atoms with Crippen molar-refractivity contribution in [2.45, 2.75) is 26.1 Å². The van der Waals surface area contributed by atoms with E-state index in [9.17, 15) is 0 Å². The normalized spacial score (nSPS) is 11.2. The highest BCUT2D eigenvalue weighted by atomic mass is 28.4. The predicted molar refractivity (Wildman–Crippen MR) is 76.3 cm³/mol. The van der Waals surface area contributed by atoms with Gasteiger partial charge in [0.05, 0.1) is 14.2 Å². The Balaban J connectivity index is 3.22. The number of hydrogen-bond donors (Lipinski definition) is 1. The highest BCUT2D eigenvalue weighted by molar-refractivity contribution is 6.70. The van der Waals surface area contributed by atoms with Crippen molar-refractivity contribution >= 4 is 8.32 Å². The zero-order valence-corrected chi connectivity index (χ0v) is 12.9. The molecule has 0 aliphatic rings. The second-order valence-electron chi connectivity index (χ2n) is 5.08. The van der Waals surface area contributed by atoms with Gasteiger partial charge in [-0.2, -0.15) is 0 Å². The SMILES string of the molecule is COc1cc(CCN)cc(O[Si](C)(C)C)c1OC. The molecule has 0 radical (unpaired) electrons. The number of rotatable bonds is 6. The molecule has 0 fully saturated rings. The highest BCUT2D eigenvalue weighted by Crippen LogP contribution is 2.39. The topological polar surface area (TPSA) is 53.7 Å². The summed E-state index contributed by atoms with van der Waals surface area (Å²) >= 11 is 0. The van der Waals surface area contributed by atoms with Gasteiger partial charge in [0.1, 0.15) is 0 Å². The summed E-state index contributed by atoms with van der Waals surface area (Å²) in [4.78, 5) is 0. The van der Waals surface area contributed by atoms with Crippen LogP contribution in [0.15, 0.2) is 12.1 Å². The molecule has 5 heteroatoms. The van der Waals surface area contributed by atoms with Crippen LogP contribution in [0.25, 0.3) is 0 Å². The average molecular weight is 269 g/mol. The Morgan fingerprint density at radius 1 is 1.06 bits per heavy atom. The minimum atomic E-state index is -1.69. The Hall–Kier alpha value is -1.20. The Bertz CT molecular complexity index is 402. The van der Waals surface area contributed by atoms with Crippen LogP contribution >= 0.6 is 0 Å². The van der Waals surface area contributed by atoms with E-state index in [1.165, 1.54) is 0 Å². The first-order chi connectivity index (χ1) is 8.41. The van der Waals surface area contributed by atoms with Crippen LogP contribution in [0.5, 0.6) is 17.2 Å². The third kappa shape index (κ3) is 3.92. The molecule has 0 spiro atoms. The van der Waals surface area contributed by atoms with Gasteiger partial charge >= 0.3 is 0 Å². The van der Waals surface area contributed by atoms with Crippen LogP contribution in [0.4, 0.5) is 0 Å². The number of hydrogen-bond acceptors (Lipinski definition) is 4. The zero-order valence-electron chi connectivity index (χ0n) is 11.9. The molecule has 4 nitrogen and oxygen atoms in total. The second kappa shape index (κ2) is 6.11. The van der Waals surface area contributed by atoms with Crippen molar-refractivity contribution in [2.24, 2.45) is 5.73 Å². The minimum absolute atomic E-state index is 0.599. The van der Waals surface area contributed by atoms with Crippen molar-refractivity contribution in [1.29, 1.82) is 0 Å². The van der Waals surface area contributed by atoms with Crippen LogP contribution in [0, 0.1) is 0 Å². The van der Waals surface area contributed by atoms with Gasteiger partial charge in [-0.25, -0.2) is 0 Å². The molecule has 1 aromatic carbocycles. The number of nitrogens with two attached hydrogens (primary N) is 1. The maximum Gasteiger partial charge on any atom is 0.242 e. The van der Waals surface area contributed by atoms with Crippen LogP contribution < -0.4 is 19.6 Å². The molecule has 0 amide bonds. The van der Waals surface area contributed by atoms with Crippen LogP contribution in [-0.4, -0.2) is 29.1 Å². The molecule has 0 unspecified atom stereocenters. The molecular formula is C13H23NO3Si. The summed E-state index contributed by atoms with van der Waals surface area (Å²) in [6.45, 7) is 7.00. The number of methoxy groups -OCH3 is 2. The molecule has 1 rings (SSSR count). The molecule has 0 aliphatic carbocycles. The van der Waals surface area contributed by atoms with Crippen molar-refractivity contribution in [3.8, 4) is 17.2 Å². The minimum Gasteiger partial charge on any atom is -0.542 e. The smallest absolute Gasteiger partial charge is 0.242 e. The summed E-state index contributed by atoms with van der Waals surface area (Å²) in [6.07, 6.45) is 0.794. The fourth-order valence-corrected chi connectivity index (χ4v) is 2.51. The van der Waals surface area contributed by atoms with E-state index in [2.05, 4.69) is 19.6 Å². The maximum absolute atomic E-state index is 6.05. The molecule has 2 N–H and O–H groups in total. The third-order valence-corrected chi connectivity index (χ3v) is 3.19. The second-order valence-corrected chi connectivity index (χ2v) is 9.51. The summed E-state index contributed by atoms with van der Waals surface area (Å²) in [5.74, 6) is 2.09. The van der Waals surface area contributed by atoms with E-state index in [0.29, 0.717) is 18.0 Å². The van der Waals surface area contributed by atoms with Crippen LogP contribution in [0.1, 0.15) is 5.56 Å². The molecule has 18 heavy (non-hydrogen) atoms. The molecule has 0 atom stereocenters. The molecule has 0 aromatic heterocycles. The fraction of sp³-hybridized carbons (Fsp3) is 0.538. The van der Waals surface area contributed by atoms with Gasteiger partial charge in [0.2, 0.25) is 14.1 Å². The Morgan fingerprint density at radius 3 is 2.11 bits per heavy atom. The van der Waals surface area contributed by atoms with Gasteiger partial charge in [0.15, 0.2) is 11.5 Å². The van der Waals surface area contributed by atoms with Crippen molar-refractivity contribution in [1.82, 2.24) is 0 Å². The maximum atomic E-state index is 6.05. The van der Waals surface area contributed by atoms with Crippen molar-refractivity contribution in [3.05, 3.63) is 17.7 Å². The Kier molecular flexibility index (Phi) is 5.04. The van der Waals surface area contributed by atoms with E-state index in [1.807, 2.05) is 12.1 Å². The predicted octanol–water partition coefficient (Wildman–Crippen LogP) is 2.42. The monoisotopic (exact) mass is 269 g/mol. The molecule has 102 valence electrons. The van der Waals surface area contributed by atoms with Gasteiger partial charge in [-0.15, -0.1) is 0 Å². The van der Waals surface area contributed by atoms with Gasteiger partial charge in [0.25, 0.3) is 0 Å². The number of ether oxygens (including phenoxy) is 2. The van der Waals surface area contributed by atoms with E-state index >= 15 is 0 Å². The van der Waals surface area contributed by atoms with Crippen LogP contribution in [0.3, 0.4) is 0 Å². The lowest BCUT2D eigenvalue weighted by Gasteiger charge is -2.23. The molecule has 0 saturated carbocycles. The first-order valence-electron chi connectivity index (χ1n) is 6.05. The average Bonchev–Trinajstić information content (AvgIpc) is 2.26. The first-order valence-corrected chi connectivity index (χ1v) is 9.46. The Labute approximate surface area is 110 Å². The van der Waals surface area contributed by atoms with Crippen LogP contribution in [0.2, 0.25) is 19.6 Å². The zero-order chi connectivity index (χ0) is 13.8.